The molecule has 20 heavy (non-hydrogen) atoms. The van der Waals surface area contributed by atoms with Crippen LogP contribution in [0.2, 0.25) is 0 Å². The maximum atomic E-state index is 9.04. The second-order valence-electron chi connectivity index (χ2n) is 4.75. The zero-order valence-electron chi connectivity index (χ0n) is 10.8. The van der Waals surface area contributed by atoms with E-state index >= 15 is 0 Å². The van der Waals surface area contributed by atoms with Crippen molar-refractivity contribution in [2.24, 2.45) is 11.7 Å². The summed E-state index contributed by atoms with van der Waals surface area (Å²) in [5.74, 6) is 0.246. The van der Waals surface area contributed by atoms with Crippen molar-refractivity contribution in [2.45, 2.75) is 5.72 Å². The van der Waals surface area contributed by atoms with E-state index in [2.05, 4.69) is 16.4 Å². The van der Waals surface area contributed by atoms with Gasteiger partial charge in [0.1, 0.15) is 11.7 Å². The van der Waals surface area contributed by atoms with Gasteiger partial charge in [0, 0.05) is 5.39 Å². The smallest absolute Gasteiger partial charge is 0.194 e. The summed E-state index contributed by atoms with van der Waals surface area (Å²) in [5.41, 5.74) is 5.95. The Labute approximate surface area is 116 Å². The van der Waals surface area contributed by atoms with Gasteiger partial charge in [0.05, 0.1) is 24.4 Å². The van der Waals surface area contributed by atoms with E-state index in [1.54, 1.807) is 6.08 Å². The normalized spacial score (nSPS) is 24.3. The molecule has 5 heteroatoms. The van der Waals surface area contributed by atoms with Crippen LogP contribution < -0.4 is 11.1 Å². The van der Waals surface area contributed by atoms with Crippen molar-refractivity contribution in [3.8, 4) is 6.07 Å². The zero-order valence-corrected chi connectivity index (χ0v) is 10.8. The first-order valence-electron chi connectivity index (χ1n) is 6.34. The van der Waals surface area contributed by atoms with Crippen LogP contribution in [-0.4, -0.2) is 17.3 Å². The Balaban J connectivity index is 1.76. The van der Waals surface area contributed by atoms with Crippen LogP contribution in [0.15, 0.2) is 48.7 Å². The Morgan fingerprint density at radius 2 is 2.20 bits per heavy atom. The Bertz CT molecular complexity index is 706. The van der Waals surface area contributed by atoms with Gasteiger partial charge in [0.25, 0.3) is 0 Å². The molecule has 0 fully saturated rings. The van der Waals surface area contributed by atoms with E-state index in [9.17, 15) is 0 Å². The van der Waals surface area contributed by atoms with E-state index in [1.807, 2.05) is 36.4 Å². The van der Waals surface area contributed by atoms with Crippen LogP contribution >= 0.6 is 0 Å². The average molecular weight is 266 g/mol. The summed E-state index contributed by atoms with van der Waals surface area (Å²) in [6.07, 6.45) is 3.14. The van der Waals surface area contributed by atoms with Gasteiger partial charge in [-0.15, -0.1) is 0 Å². The molecule has 1 aromatic carbocycles. The summed E-state index contributed by atoms with van der Waals surface area (Å²) >= 11 is 0. The van der Waals surface area contributed by atoms with Gasteiger partial charge in [-0.25, -0.2) is 4.98 Å². The third-order valence-corrected chi connectivity index (χ3v) is 3.37. The van der Waals surface area contributed by atoms with Crippen molar-refractivity contribution in [1.82, 2.24) is 4.98 Å². The summed E-state index contributed by atoms with van der Waals surface area (Å²) in [6.45, 7) is 0.309. The van der Waals surface area contributed by atoms with Crippen LogP contribution in [0.25, 0.3) is 10.9 Å². The summed E-state index contributed by atoms with van der Waals surface area (Å²) in [7, 11) is 0. The molecule has 3 rings (SSSR count). The molecule has 100 valence electrons. The Hall–Kier alpha value is -2.58. The van der Waals surface area contributed by atoms with Crippen LogP contribution in [0.1, 0.15) is 0 Å². The highest BCUT2D eigenvalue weighted by Gasteiger charge is 2.38. The van der Waals surface area contributed by atoms with Gasteiger partial charge < -0.3 is 10.1 Å². The molecule has 1 aliphatic heterocycles. The third kappa shape index (κ3) is 2.17. The van der Waals surface area contributed by atoms with Gasteiger partial charge in [-0.1, -0.05) is 18.2 Å². The lowest BCUT2D eigenvalue weighted by Gasteiger charge is -2.27. The first kappa shape index (κ1) is 12.5. The molecule has 5 nitrogen and oxygen atoms in total. The number of nitrogens with zero attached hydrogens (tertiary/aromatic N) is 2. The number of anilines is 1. The molecule has 1 aromatic heterocycles. The minimum Gasteiger partial charge on any atom is -0.477 e. The van der Waals surface area contributed by atoms with Crippen molar-refractivity contribution < 1.29 is 4.74 Å². The minimum atomic E-state index is -1.04. The first-order chi connectivity index (χ1) is 9.71. The number of fused-ring (bicyclic) bond motifs is 1. The van der Waals surface area contributed by atoms with E-state index in [0.29, 0.717) is 12.4 Å². The molecule has 3 N–H and O–H groups in total. The number of ether oxygens (including phenoxy) is 1. The lowest BCUT2D eigenvalue weighted by Crippen LogP contribution is -2.51. The number of para-hydroxylation sites is 1. The van der Waals surface area contributed by atoms with Crippen molar-refractivity contribution in [2.75, 3.05) is 11.9 Å². The Morgan fingerprint density at radius 1 is 1.35 bits per heavy atom. The summed E-state index contributed by atoms with van der Waals surface area (Å²) in [5, 5.41) is 13.2. The average Bonchev–Trinajstić information content (AvgIpc) is 2.86. The number of rotatable bonds is 3. The standard InChI is InChI=1S/C15H14N4O/c16-9-12-7-8-20-15(12,17)10-18-14-6-5-11-3-1-2-4-13(11)19-14/h1-8,12H,10,17H2,(H,18,19). The first-order valence-corrected chi connectivity index (χ1v) is 6.34. The molecular formula is C15H14N4O. The highest BCUT2D eigenvalue weighted by Crippen LogP contribution is 2.25. The van der Waals surface area contributed by atoms with Gasteiger partial charge in [-0.2, -0.15) is 5.26 Å². The van der Waals surface area contributed by atoms with Gasteiger partial charge in [0.15, 0.2) is 5.72 Å². The van der Waals surface area contributed by atoms with E-state index in [0.717, 1.165) is 10.9 Å². The summed E-state index contributed by atoms with van der Waals surface area (Å²) in [4.78, 5) is 4.49. The van der Waals surface area contributed by atoms with Crippen molar-refractivity contribution in [3.05, 3.63) is 48.7 Å². The monoisotopic (exact) mass is 266 g/mol. The second kappa shape index (κ2) is 4.83. The predicted octanol–water partition coefficient (Wildman–Crippen LogP) is 1.99. The molecule has 0 amide bonds. The molecule has 2 unspecified atom stereocenters. The number of hydrogen-bond donors (Lipinski definition) is 2. The second-order valence-corrected chi connectivity index (χ2v) is 4.75. The highest BCUT2D eigenvalue weighted by molar-refractivity contribution is 5.80. The van der Waals surface area contributed by atoms with Crippen LogP contribution in [0.4, 0.5) is 5.82 Å². The number of nitrogens with two attached hydrogens (primary N) is 1. The number of aromatic nitrogens is 1. The lowest BCUT2D eigenvalue weighted by atomic mass is 9.99. The predicted molar refractivity (Wildman–Crippen MR) is 76.5 cm³/mol. The molecule has 0 spiro atoms. The summed E-state index contributed by atoms with van der Waals surface area (Å²) < 4.78 is 5.34. The van der Waals surface area contributed by atoms with Crippen LogP contribution in [0.5, 0.6) is 0 Å². The fraction of sp³-hybridized carbons (Fsp3) is 0.200. The topological polar surface area (TPSA) is 84.0 Å². The number of nitrogens with one attached hydrogen (secondary N) is 1. The Kier molecular flexibility index (Phi) is 3.01. The molecule has 2 atom stereocenters. The number of benzene rings is 1. The van der Waals surface area contributed by atoms with E-state index in [4.69, 9.17) is 15.7 Å². The molecule has 0 bridgehead atoms. The Morgan fingerprint density at radius 3 is 3.05 bits per heavy atom. The molecule has 2 heterocycles. The van der Waals surface area contributed by atoms with E-state index in [-0.39, 0.29) is 0 Å². The van der Waals surface area contributed by atoms with Crippen LogP contribution in [0, 0.1) is 17.2 Å². The molecule has 0 saturated heterocycles. The van der Waals surface area contributed by atoms with Crippen LogP contribution in [0.3, 0.4) is 0 Å². The fourth-order valence-corrected chi connectivity index (χ4v) is 2.18. The number of pyridine rings is 1. The molecular weight excluding hydrogens is 252 g/mol. The summed E-state index contributed by atoms with van der Waals surface area (Å²) in [6, 6.07) is 13.9. The number of nitriles is 1. The van der Waals surface area contributed by atoms with Crippen molar-refractivity contribution in [3.63, 3.8) is 0 Å². The molecule has 0 aliphatic carbocycles. The van der Waals surface area contributed by atoms with E-state index < -0.39 is 11.6 Å². The lowest BCUT2D eigenvalue weighted by molar-refractivity contribution is 0.0428. The van der Waals surface area contributed by atoms with Crippen molar-refractivity contribution >= 4 is 16.7 Å². The molecule has 2 aromatic rings. The molecule has 0 radical (unpaired) electrons. The largest absolute Gasteiger partial charge is 0.477 e. The maximum absolute atomic E-state index is 9.04. The number of hydrogen-bond acceptors (Lipinski definition) is 5. The third-order valence-electron chi connectivity index (χ3n) is 3.37. The van der Waals surface area contributed by atoms with Crippen LogP contribution in [-0.2, 0) is 4.74 Å². The zero-order chi connectivity index (χ0) is 14.0. The highest BCUT2D eigenvalue weighted by atomic mass is 16.5. The molecule has 0 saturated carbocycles. The fourth-order valence-electron chi connectivity index (χ4n) is 2.18. The quantitative estimate of drug-likeness (QED) is 0.887. The van der Waals surface area contributed by atoms with Gasteiger partial charge in [0.2, 0.25) is 0 Å². The molecule has 1 aliphatic rings. The van der Waals surface area contributed by atoms with Crippen molar-refractivity contribution in [1.29, 1.82) is 5.26 Å². The van der Waals surface area contributed by atoms with E-state index in [1.165, 1.54) is 6.26 Å². The van der Waals surface area contributed by atoms with Gasteiger partial charge >= 0.3 is 0 Å². The van der Waals surface area contributed by atoms with Gasteiger partial charge in [-0.05, 0) is 24.3 Å². The minimum absolute atomic E-state index is 0.309. The van der Waals surface area contributed by atoms with Gasteiger partial charge in [-0.3, -0.25) is 5.73 Å². The SMILES string of the molecule is N#CC1C=COC1(N)CNc1ccc2ccccc2n1. The maximum Gasteiger partial charge on any atom is 0.194 e.